The molecule has 0 fully saturated rings. The molecule has 1 aromatic rings. The van der Waals surface area contributed by atoms with Gasteiger partial charge in [0.05, 0.1) is 37.3 Å². The molecule has 0 aliphatic heterocycles. The van der Waals surface area contributed by atoms with Gasteiger partial charge < -0.3 is 20.1 Å². The number of aliphatic imine (C=N–C) groups is 1. The van der Waals surface area contributed by atoms with Crippen LogP contribution in [0.15, 0.2) is 23.2 Å². The molecule has 0 heterocycles. The summed E-state index contributed by atoms with van der Waals surface area (Å²) in [5, 5.41) is 6.44. The molecule has 0 bridgehead atoms. The fourth-order valence-electron chi connectivity index (χ4n) is 2.36. The van der Waals surface area contributed by atoms with Crippen molar-refractivity contribution in [3.8, 4) is 11.5 Å². The van der Waals surface area contributed by atoms with Gasteiger partial charge in [-0.1, -0.05) is 0 Å². The van der Waals surface area contributed by atoms with E-state index in [4.69, 9.17) is 9.47 Å². The maximum atomic E-state index is 12.2. The minimum absolute atomic E-state index is 0. The van der Waals surface area contributed by atoms with E-state index in [1.165, 1.54) is 0 Å². The minimum Gasteiger partial charge on any atom is -0.497 e. The molecule has 28 heavy (non-hydrogen) atoms. The maximum Gasteiger partial charge on any atom is 0.191 e. The van der Waals surface area contributed by atoms with Crippen LogP contribution in [0.2, 0.25) is 0 Å². The fourth-order valence-corrected chi connectivity index (χ4v) is 3.31. The van der Waals surface area contributed by atoms with Crippen LogP contribution in [0.3, 0.4) is 0 Å². The molecule has 0 aliphatic rings. The number of nitrogens with one attached hydrogen (secondary N) is 2. The smallest absolute Gasteiger partial charge is 0.191 e. The third-order valence-corrected chi connectivity index (χ3v) is 6.75. The average Bonchev–Trinajstić information content (AvgIpc) is 2.60. The number of sulfone groups is 1. The highest BCUT2D eigenvalue weighted by atomic mass is 127. The van der Waals surface area contributed by atoms with Gasteiger partial charge in [-0.05, 0) is 52.8 Å². The molecule has 2 N–H and O–H groups in total. The van der Waals surface area contributed by atoms with E-state index < -0.39 is 14.6 Å². The molecule has 1 aromatic carbocycles. The van der Waals surface area contributed by atoms with Gasteiger partial charge in [-0.3, -0.25) is 4.99 Å². The lowest BCUT2D eigenvalue weighted by atomic mass is 10.1. The number of methoxy groups -OCH3 is 2. The summed E-state index contributed by atoms with van der Waals surface area (Å²) in [6, 6.07) is 5.48. The molecule has 1 unspecified atom stereocenters. The van der Waals surface area contributed by atoms with Crippen molar-refractivity contribution in [1.82, 2.24) is 10.6 Å². The molecule has 7 nitrogen and oxygen atoms in total. The summed E-state index contributed by atoms with van der Waals surface area (Å²) in [5.41, 5.74) is 0.921. The van der Waals surface area contributed by atoms with Gasteiger partial charge in [0.25, 0.3) is 0 Å². The van der Waals surface area contributed by atoms with Crippen LogP contribution in [-0.4, -0.2) is 52.2 Å². The average molecular weight is 527 g/mol. The highest BCUT2D eigenvalue weighted by Crippen LogP contribution is 2.29. The quantitative estimate of drug-likeness (QED) is 0.307. The second-order valence-electron chi connectivity index (χ2n) is 7.17. The van der Waals surface area contributed by atoms with Gasteiger partial charge in [0.15, 0.2) is 15.8 Å². The molecule has 0 saturated heterocycles. The summed E-state index contributed by atoms with van der Waals surface area (Å²) >= 11 is 0. The van der Waals surface area contributed by atoms with Crippen LogP contribution >= 0.6 is 24.0 Å². The van der Waals surface area contributed by atoms with Crippen molar-refractivity contribution in [2.45, 2.75) is 45.4 Å². The third-order valence-electron chi connectivity index (χ3n) is 4.16. The number of hydrogen-bond acceptors (Lipinski definition) is 5. The summed E-state index contributed by atoms with van der Waals surface area (Å²) < 4.78 is 34.4. The summed E-state index contributed by atoms with van der Waals surface area (Å²) in [7, 11) is 0.0278. The van der Waals surface area contributed by atoms with E-state index in [0.29, 0.717) is 12.5 Å². The van der Waals surface area contributed by atoms with E-state index in [1.807, 2.05) is 32.0 Å². The third kappa shape index (κ3) is 7.65. The molecule has 0 spiro atoms. The Labute approximate surface area is 186 Å². The van der Waals surface area contributed by atoms with Crippen LogP contribution in [0, 0.1) is 0 Å². The molecular formula is C19H34IN3O4S. The predicted octanol–water partition coefficient (Wildman–Crippen LogP) is 3.15. The first-order valence-electron chi connectivity index (χ1n) is 9.04. The van der Waals surface area contributed by atoms with E-state index in [9.17, 15) is 8.42 Å². The molecule has 9 heteroatoms. The number of guanidine groups is 1. The number of hydrogen-bond donors (Lipinski definition) is 2. The highest BCUT2D eigenvalue weighted by molar-refractivity contribution is 14.0. The second-order valence-corrected chi connectivity index (χ2v) is 10.0. The molecule has 162 valence electrons. The number of ether oxygens (including phenoxy) is 2. The van der Waals surface area contributed by atoms with Crippen LogP contribution in [0.1, 0.15) is 46.2 Å². The highest BCUT2D eigenvalue weighted by Gasteiger charge is 2.28. The number of rotatable bonds is 8. The topological polar surface area (TPSA) is 89.0 Å². The van der Waals surface area contributed by atoms with Gasteiger partial charge in [-0.25, -0.2) is 8.42 Å². The lowest BCUT2D eigenvalue weighted by Gasteiger charge is -2.21. The Hall–Kier alpha value is -1.23. The first-order chi connectivity index (χ1) is 12.6. The van der Waals surface area contributed by atoms with Crippen molar-refractivity contribution in [2.75, 3.05) is 33.1 Å². The van der Waals surface area contributed by atoms with Gasteiger partial charge in [0.1, 0.15) is 11.5 Å². The van der Waals surface area contributed by atoms with E-state index in [-0.39, 0.29) is 42.3 Å². The van der Waals surface area contributed by atoms with Gasteiger partial charge >= 0.3 is 0 Å². The van der Waals surface area contributed by atoms with Gasteiger partial charge in [-0.15, -0.1) is 24.0 Å². The Balaban J connectivity index is 0.00000729. The maximum absolute atomic E-state index is 12.2. The minimum atomic E-state index is -3.21. The zero-order valence-electron chi connectivity index (χ0n) is 17.8. The Bertz CT molecular complexity index is 746. The Kier molecular flexibility index (Phi) is 11.2. The summed E-state index contributed by atoms with van der Waals surface area (Å²) in [6.07, 6.45) is 0. The summed E-state index contributed by atoms with van der Waals surface area (Å²) in [4.78, 5) is 4.42. The van der Waals surface area contributed by atoms with Crippen molar-refractivity contribution < 1.29 is 17.9 Å². The van der Waals surface area contributed by atoms with Crippen molar-refractivity contribution in [1.29, 1.82) is 0 Å². The van der Waals surface area contributed by atoms with Crippen LogP contribution in [0.5, 0.6) is 11.5 Å². The molecule has 0 aromatic heterocycles. The van der Waals surface area contributed by atoms with Crippen LogP contribution in [-0.2, 0) is 9.84 Å². The van der Waals surface area contributed by atoms with Gasteiger partial charge in [0, 0.05) is 12.1 Å². The number of nitrogens with zero attached hydrogens (tertiary/aromatic N) is 1. The first-order valence-corrected chi connectivity index (χ1v) is 10.7. The monoisotopic (exact) mass is 527 g/mol. The van der Waals surface area contributed by atoms with E-state index in [2.05, 4.69) is 15.6 Å². The molecule has 1 atom stereocenters. The van der Waals surface area contributed by atoms with E-state index in [0.717, 1.165) is 17.1 Å². The van der Waals surface area contributed by atoms with Crippen molar-refractivity contribution >= 4 is 39.8 Å². The second kappa shape index (κ2) is 11.7. The van der Waals surface area contributed by atoms with E-state index >= 15 is 0 Å². The Morgan fingerprint density at radius 1 is 1.21 bits per heavy atom. The van der Waals surface area contributed by atoms with Gasteiger partial charge in [0.2, 0.25) is 0 Å². The fraction of sp³-hybridized carbons (Fsp3) is 0.632. The summed E-state index contributed by atoms with van der Waals surface area (Å²) in [5.74, 6) is 2.03. The molecule has 0 saturated carbocycles. The first kappa shape index (κ1) is 26.8. The largest absolute Gasteiger partial charge is 0.497 e. The predicted molar refractivity (Wildman–Crippen MR) is 126 cm³/mol. The zero-order valence-corrected chi connectivity index (χ0v) is 21.0. The Morgan fingerprint density at radius 2 is 1.86 bits per heavy atom. The molecule has 0 amide bonds. The van der Waals surface area contributed by atoms with Crippen LogP contribution < -0.4 is 20.1 Å². The number of halogens is 1. The van der Waals surface area contributed by atoms with Crippen molar-refractivity contribution in [2.24, 2.45) is 4.99 Å². The molecule has 0 aliphatic carbocycles. The van der Waals surface area contributed by atoms with Crippen LogP contribution in [0.25, 0.3) is 0 Å². The van der Waals surface area contributed by atoms with Gasteiger partial charge in [-0.2, -0.15) is 0 Å². The molecular weight excluding hydrogens is 493 g/mol. The molecule has 1 rings (SSSR count). The lowest BCUT2D eigenvalue weighted by molar-refractivity contribution is 0.394. The van der Waals surface area contributed by atoms with E-state index in [1.54, 1.807) is 35.0 Å². The SMILES string of the molecule is CCNC(=NCCS(=O)(=O)C(C)(C)C)NC(C)c1cc(OC)ccc1OC.I. The zero-order chi connectivity index (χ0) is 20.7. The number of benzene rings is 1. The summed E-state index contributed by atoms with van der Waals surface area (Å²) in [6.45, 7) is 9.90. The molecule has 0 radical (unpaired) electrons. The standard InChI is InChI=1S/C19H33N3O4S.HI/c1-8-20-18(21-11-12-27(23,24)19(3,4)5)22-14(2)16-13-15(25-6)9-10-17(16)26-7;/h9-10,13-14H,8,11-12H2,1-7H3,(H2,20,21,22);1H. The Morgan fingerprint density at radius 3 is 2.36 bits per heavy atom. The van der Waals surface area contributed by atoms with Crippen LogP contribution in [0.4, 0.5) is 0 Å². The van der Waals surface area contributed by atoms with Crippen molar-refractivity contribution in [3.05, 3.63) is 23.8 Å². The lowest BCUT2D eigenvalue weighted by Crippen LogP contribution is -2.39. The normalized spacial score (nSPS) is 13.3. The van der Waals surface area contributed by atoms with Crippen molar-refractivity contribution in [3.63, 3.8) is 0 Å².